The van der Waals surface area contributed by atoms with E-state index < -0.39 is 0 Å². The molecular formula is C19H20N4OS. The summed E-state index contributed by atoms with van der Waals surface area (Å²) in [6, 6.07) is 13.5. The predicted octanol–water partition coefficient (Wildman–Crippen LogP) is 3.60. The number of benzene rings is 1. The van der Waals surface area contributed by atoms with Gasteiger partial charge in [-0.1, -0.05) is 18.2 Å². The van der Waals surface area contributed by atoms with Gasteiger partial charge < -0.3 is 5.32 Å². The van der Waals surface area contributed by atoms with E-state index in [1.807, 2.05) is 62.6 Å². The zero-order valence-electron chi connectivity index (χ0n) is 14.2. The number of nitrogens with one attached hydrogen (secondary N) is 1. The van der Waals surface area contributed by atoms with Crippen LogP contribution in [0.25, 0.3) is 0 Å². The van der Waals surface area contributed by atoms with Gasteiger partial charge in [0, 0.05) is 36.3 Å². The summed E-state index contributed by atoms with van der Waals surface area (Å²) in [5, 5.41) is 8.12. The molecule has 2 aromatic heterocycles. The molecule has 1 atom stereocenters. The Morgan fingerprint density at radius 1 is 1.24 bits per heavy atom. The number of amides is 1. The number of nitrogens with zero attached hydrogens (tertiary/aromatic N) is 3. The van der Waals surface area contributed by atoms with Gasteiger partial charge in [0.15, 0.2) is 0 Å². The second-order valence-corrected chi connectivity index (χ2v) is 6.79. The maximum Gasteiger partial charge on any atom is 0.251 e. The number of aromatic nitrogens is 3. The number of thioether (sulfide) groups is 1. The fourth-order valence-electron chi connectivity index (χ4n) is 2.37. The first kappa shape index (κ1) is 17.2. The molecule has 6 heteroatoms. The highest BCUT2D eigenvalue weighted by atomic mass is 32.2. The Bertz CT molecular complexity index is 830. The van der Waals surface area contributed by atoms with E-state index >= 15 is 0 Å². The second-order valence-electron chi connectivity index (χ2n) is 5.80. The van der Waals surface area contributed by atoms with E-state index in [1.54, 1.807) is 28.8 Å². The summed E-state index contributed by atoms with van der Waals surface area (Å²) in [6.07, 6.45) is 5.46. The third kappa shape index (κ3) is 4.70. The zero-order valence-corrected chi connectivity index (χ0v) is 15.0. The summed E-state index contributed by atoms with van der Waals surface area (Å²) in [7, 11) is 1.86. The molecule has 5 nitrogen and oxygen atoms in total. The summed E-state index contributed by atoms with van der Waals surface area (Å²) in [4.78, 5) is 16.7. The summed E-state index contributed by atoms with van der Waals surface area (Å²) in [5.41, 5.74) is 2.80. The lowest BCUT2D eigenvalue weighted by Gasteiger charge is -2.12. The van der Waals surface area contributed by atoms with Crippen molar-refractivity contribution in [2.75, 3.05) is 0 Å². The van der Waals surface area contributed by atoms with Crippen LogP contribution in [0.4, 0.5) is 0 Å². The van der Waals surface area contributed by atoms with Crippen LogP contribution in [0.3, 0.4) is 0 Å². The topological polar surface area (TPSA) is 59.8 Å². The average Bonchev–Trinajstić information content (AvgIpc) is 3.08. The zero-order chi connectivity index (χ0) is 17.6. The van der Waals surface area contributed by atoms with Crippen LogP contribution in [0, 0.1) is 0 Å². The third-order valence-corrected chi connectivity index (χ3v) is 4.83. The molecule has 1 aromatic carbocycles. The highest BCUT2D eigenvalue weighted by Gasteiger charge is 2.12. The van der Waals surface area contributed by atoms with E-state index in [1.165, 1.54) is 0 Å². The van der Waals surface area contributed by atoms with Crippen molar-refractivity contribution in [2.24, 2.45) is 7.05 Å². The molecule has 1 N–H and O–H groups in total. The average molecular weight is 352 g/mol. The fourth-order valence-corrected chi connectivity index (χ4v) is 3.19. The Kier molecular flexibility index (Phi) is 5.50. The molecule has 2 heterocycles. The molecule has 0 aliphatic carbocycles. The maximum absolute atomic E-state index is 12.4. The molecule has 1 amide bonds. The number of carbonyl (C=O) groups excluding carboxylic acids is 1. The molecular weight excluding hydrogens is 332 g/mol. The fraction of sp³-hybridized carbons (Fsp3) is 0.211. The van der Waals surface area contributed by atoms with Gasteiger partial charge in [0.1, 0.15) is 0 Å². The van der Waals surface area contributed by atoms with Gasteiger partial charge in [-0.2, -0.15) is 5.10 Å². The quantitative estimate of drug-likeness (QED) is 0.689. The van der Waals surface area contributed by atoms with E-state index in [2.05, 4.69) is 15.4 Å². The second kappa shape index (κ2) is 7.98. The molecule has 128 valence electrons. The van der Waals surface area contributed by atoms with E-state index in [-0.39, 0.29) is 11.9 Å². The molecule has 3 rings (SSSR count). The summed E-state index contributed by atoms with van der Waals surface area (Å²) in [6.45, 7) is 1.95. The van der Waals surface area contributed by atoms with Gasteiger partial charge >= 0.3 is 0 Å². The molecule has 0 saturated heterocycles. The molecule has 0 spiro atoms. The minimum absolute atomic E-state index is 0.0828. The smallest absolute Gasteiger partial charge is 0.251 e. The monoisotopic (exact) mass is 352 g/mol. The van der Waals surface area contributed by atoms with Crippen molar-refractivity contribution in [3.63, 3.8) is 0 Å². The Labute approximate surface area is 151 Å². The van der Waals surface area contributed by atoms with Crippen molar-refractivity contribution in [3.8, 4) is 0 Å². The van der Waals surface area contributed by atoms with Crippen LogP contribution in [0.2, 0.25) is 0 Å². The van der Waals surface area contributed by atoms with E-state index in [0.717, 1.165) is 21.9 Å². The minimum Gasteiger partial charge on any atom is -0.345 e. The minimum atomic E-state index is -0.0831. The number of rotatable bonds is 6. The first-order valence-corrected chi connectivity index (χ1v) is 9.02. The maximum atomic E-state index is 12.4. The Hall–Kier alpha value is -2.60. The standard InChI is InChI=1S/C19H20N4OS/c1-14(17-11-21-23(2)12-17)22-19(24)16-8-6-15(7-9-16)13-25-18-5-3-4-10-20-18/h3-12,14H,13H2,1-2H3,(H,22,24)/t14-/m1/s1. The normalized spacial score (nSPS) is 11.9. The molecule has 0 fully saturated rings. The summed E-state index contributed by atoms with van der Waals surface area (Å²) in [5.74, 6) is 0.741. The van der Waals surface area contributed by atoms with Gasteiger partial charge in [0.05, 0.1) is 17.3 Å². The number of carbonyl (C=O) groups is 1. The first-order valence-electron chi connectivity index (χ1n) is 8.04. The van der Waals surface area contributed by atoms with Gasteiger partial charge in [-0.15, -0.1) is 11.8 Å². The van der Waals surface area contributed by atoms with Crippen LogP contribution >= 0.6 is 11.8 Å². The van der Waals surface area contributed by atoms with Crippen molar-refractivity contribution in [3.05, 3.63) is 77.7 Å². The Morgan fingerprint density at radius 3 is 2.68 bits per heavy atom. The van der Waals surface area contributed by atoms with Crippen LogP contribution < -0.4 is 5.32 Å². The molecule has 25 heavy (non-hydrogen) atoms. The van der Waals surface area contributed by atoms with Crippen LogP contribution in [0.1, 0.15) is 34.5 Å². The lowest BCUT2D eigenvalue weighted by atomic mass is 10.1. The largest absolute Gasteiger partial charge is 0.345 e. The first-order chi connectivity index (χ1) is 12.1. The Balaban J connectivity index is 1.57. The third-order valence-electron chi connectivity index (χ3n) is 3.81. The molecule has 0 aliphatic rings. The number of aryl methyl sites for hydroxylation is 1. The van der Waals surface area contributed by atoms with E-state index in [0.29, 0.717) is 5.56 Å². The molecule has 0 saturated carbocycles. The van der Waals surface area contributed by atoms with Crippen LogP contribution in [0.5, 0.6) is 0 Å². The molecule has 0 unspecified atom stereocenters. The van der Waals surface area contributed by atoms with Gasteiger partial charge in [-0.25, -0.2) is 4.98 Å². The lowest BCUT2D eigenvalue weighted by Crippen LogP contribution is -2.26. The Morgan fingerprint density at radius 2 is 2.04 bits per heavy atom. The highest BCUT2D eigenvalue weighted by molar-refractivity contribution is 7.98. The van der Waals surface area contributed by atoms with Crippen LogP contribution in [0.15, 0.2) is 66.1 Å². The van der Waals surface area contributed by atoms with Crippen LogP contribution in [-0.4, -0.2) is 20.7 Å². The van der Waals surface area contributed by atoms with Crippen molar-refractivity contribution < 1.29 is 4.79 Å². The van der Waals surface area contributed by atoms with Gasteiger partial charge in [-0.3, -0.25) is 9.48 Å². The van der Waals surface area contributed by atoms with Gasteiger partial charge in [0.25, 0.3) is 5.91 Å². The molecule has 0 radical (unpaired) electrons. The molecule has 3 aromatic rings. The van der Waals surface area contributed by atoms with Gasteiger partial charge in [-0.05, 0) is 36.8 Å². The van der Waals surface area contributed by atoms with E-state index in [9.17, 15) is 4.79 Å². The number of hydrogen-bond donors (Lipinski definition) is 1. The highest BCUT2D eigenvalue weighted by Crippen LogP contribution is 2.20. The SMILES string of the molecule is C[C@@H](NC(=O)c1ccc(CSc2ccccn2)cc1)c1cnn(C)c1. The van der Waals surface area contributed by atoms with Gasteiger partial charge in [0.2, 0.25) is 0 Å². The lowest BCUT2D eigenvalue weighted by molar-refractivity contribution is 0.0940. The molecule has 0 aliphatic heterocycles. The van der Waals surface area contributed by atoms with Crippen molar-refractivity contribution in [2.45, 2.75) is 23.7 Å². The number of pyridine rings is 1. The predicted molar refractivity (Wildman–Crippen MR) is 99.3 cm³/mol. The van der Waals surface area contributed by atoms with E-state index in [4.69, 9.17) is 0 Å². The molecule has 0 bridgehead atoms. The van der Waals surface area contributed by atoms with Crippen molar-refractivity contribution >= 4 is 17.7 Å². The van der Waals surface area contributed by atoms with Crippen molar-refractivity contribution in [1.82, 2.24) is 20.1 Å². The summed E-state index contributed by atoms with van der Waals surface area (Å²) >= 11 is 1.68. The van der Waals surface area contributed by atoms with Crippen molar-refractivity contribution in [1.29, 1.82) is 0 Å². The number of hydrogen-bond acceptors (Lipinski definition) is 4. The van der Waals surface area contributed by atoms with Crippen LogP contribution in [-0.2, 0) is 12.8 Å². The summed E-state index contributed by atoms with van der Waals surface area (Å²) < 4.78 is 1.73.